The number of hydrogen-bond donors (Lipinski definition) is 2. The average molecular weight is 372 g/mol. The number of carboxylic acids is 1. The van der Waals surface area contributed by atoms with Crippen LogP contribution in [0.4, 0.5) is 0 Å². The van der Waals surface area contributed by atoms with Gasteiger partial charge in [0.2, 0.25) is 0 Å². The molecule has 1 amide bonds. The van der Waals surface area contributed by atoms with Gasteiger partial charge in [0.05, 0.1) is 24.8 Å². The van der Waals surface area contributed by atoms with E-state index in [-0.39, 0.29) is 29.5 Å². The highest BCUT2D eigenvalue weighted by Crippen LogP contribution is 2.23. The number of carbonyl (C=O) groups is 2. The summed E-state index contributed by atoms with van der Waals surface area (Å²) in [4.78, 5) is 23.3. The molecular weight excluding hydrogens is 352 g/mol. The fourth-order valence-corrected chi connectivity index (χ4v) is 4.12. The first-order valence-corrected chi connectivity index (χ1v) is 8.98. The molecule has 1 aromatic rings. The van der Waals surface area contributed by atoms with Crippen molar-refractivity contribution in [2.75, 3.05) is 27.4 Å². The van der Waals surface area contributed by atoms with Gasteiger partial charge in [0.25, 0.3) is 5.91 Å². The smallest absolute Gasteiger partial charge is 0.335 e. The topological polar surface area (TPSA) is 122 Å². The van der Waals surface area contributed by atoms with Gasteiger partial charge in [-0.25, -0.2) is 9.52 Å². The van der Waals surface area contributed by atoms with Crippen LogP contribution >= 0.6 is 0 Å². The van der Waals surface area contributed by atoms with E-state index in [0.717, 1.165) is 6.07 Å². The van der Waals surface area contributed by atoms with Gasteiger partial charge in [0.1, 0.15) is 5.75 Å². The van der Waals surface area contributed by atoms with Crippen LogP contribution in [0.1, 0.15) is 33.6 Å². The maximum atomic E-state index is 12.5. The molecule has 1 aliphatic heterocycles. The first kappa shape index (κ1) is 19.2. The number of amides is 1. The van der Waals surface area contributed by atoms with Crippen LogP contribution in [0.2, 0.25) is 0 Å². The molecule has 2 rings (SSSR count). The maximum Gasteiger partial charge on any atom is 0.335 e. The van der Waals surface area contributed by atoms with Gasteiger partial charge in [-0.1, -0.05) is 0 Å². The third kappa shape index (κ3) is 4.27. The largest absolute Gasteiger partial charge is 0.496 e. The normalized spacial score (nSPS) is 18.1. The van der Waals surface area contributed by atoms with Crippen molar-refractivity contribution in [3.63, 3.8) is 0 Å². The first-order valence-electron chi connectivity index (χ1n) is 7.54. The van der Waals surface area contributed by atoms with Crippen LogP contribution in [0.5, 0.6) is 5.75 Å². The number of nitrogens with zero attached hydrogens (tertiary/aromatic N) is 1. The molecular formula is C15H20N2O7S. The summed E-state index contributed by atoms with van der Waals surface area (Å²) in [5.41, 5.74) is -0.144. The summed E-state index contributed by atoms with van der Waals surface area (Å²) in [5.74, 6) is -2.10. The minimum Gasteiger partial charge on any atom is -0.496 e. The molecule has 1 atom stereocenters. The quantitative estimate of drug-likeness (QED) is 0.714. The van der Waals surface area contributed by atoms with E-state index in [1.165, 1.54) is 30.7 Å². The molecule has 1 aromatic carbocycles. The lowest BCUT2D eigenvalue weighted by Gasteiger charge is -2.23. The number of aromatic carboxylic acids is 1. The molecule has 0 unspecified atom stereocenters. The van der Waals surface area contributed by atoms with Gasteiger partial charge in [-0.15, -0.1) is 0 Å². The summed E-state index contributed by atoms with van der Waals surface area (Å²) in [5, 5.41) is 8.97. The van der Waals surface area contributed by atoms with Crippen molar-refractivity contribution in [2.45, 2.75) is 18.9 Å². The third-order valence-corrected chi connectivity index (χ3v) is 5.45. The number of carbonyl (C=O) groups excluding carboxylic acids is 1. The Morgan fingerprint density at radius 3 is 2.68 bits per heavy atom. The Balaban J connectivity index is 2.22. The van der Waals surface area contributed by atoms with Crippen molar-refractivity contribution in [3.05, 3.63) is 29.3 Å². The van der Waals surface area contributed by atoms with Gasteiger partial charge >= 0.3 is 16.2 Å². The SMILES string of the molecule is COC[C@@H]1CCCN1S(=O)(=O)NC(=O)c1ccc(C(=O)O)cc1OC. The Kier molecular flexibility index (Phi) is 5.98. The standard InChI is InChI=1S/C15H20N2O7S/c1-23-9-11-4-3-7-17(11)25(21,22)16-14(18)12-6-5-10(15(19)20)8-13(12)24-2/h5-6,8,11H,3-4,7,9H2,1-2H3,(H,16,18)(H,19,20)/t11-/m0/s1. The molecule has 1 aliphatic rings. The molecule has 0 spiro atoms. The fraction of sp³-hybridized carbons (Fsp3) is 0.467. The number of nitrogens with one attached hydrogen (secondary N) is 1. The zero-order valence-electron chi connectivity index (χ0n) is 13.9. The number of methoxy groups -OCH3 is 2. The monoisotopic (exact) mass is 372 g/mol. The van der Waals surface area contributed by atoms with E-state index in [0.29, 0.717) is 19.4 Å². The summed E-state index contributed by atoms with van der Waals surface area (Å²) >= 11 is 0. The van der Waals surface area contributed by atoms with Crippen LogP contribution in [-0.4, -0.2) is 63.1 Å². The van der Waals surface area contributed by atoms with Crippen molar-refractivity contribution in [1.29, 1.82) is 0 Å². The van der Waals surface area contributed by atoms with Gasteiger partial charge in [-0.3, -0.25) is 4.79 Å². The lowest BCUT2D eigenvalue weighted by atomic mass is 10.1. The average Bonchev–Trinajstić information content (AvgIpc) is 3.03. The van der Waals surface area contributed by atoms with E-state index < -0.39 is 22.1 Å². The second-order valence-corrected chi connectivity index (χ2v) is 7.14. The Morgan fingerprint density at radius 2 is 2.08 bits per heavy atom. The zero-order chi connectivity index (χ0) is 18.6. The highest BCUT2D eigenvalue weighted by atomic mass is 32.2. The molecule has 0 aromatic heterocycles. The maximum absolute atomic E-state index is 12.5. The second-order valence-electron chi connectivity index (χ2n) is 5.52. The Bertz CT molecular complexity index is 763. The van der Waals surface area contributed by atoms with Crippen molar-refractivity contribution in [1.82, 2.24) is 9.03 Å². The summed E-state index contributed by atoms with van der Waals surface area (Å²) in [6, 6.07) is 3.25. The van der Waals surface area contributed by atoms with Gasteiger partial charge in [-0.05, 0) is 31.0 Å². The van der Waals surface area contributed by atoms with Crippen LogP contribution in [0, 0.1) is 0 Å². The van der Waals surface area contributed by atoms with Crippen LogP contribution in [0.15, 0.2) is 18.2 Å². The fourth-order valence-electron chi connectivity index (χ4n) is 2.73. The molecule has 2 N–H and O–H groups in total. The first-order chi connectivity index (χ1) is 11.8. The molecule has 0 radical (unpaired) electrons. The molecule has 0 bridgehead atoms. The number of ether oxygens (including phenoxy) is 2. The van der Waals surface area contributed by atoms with Gasteiger partial charge in [-0.2, -0.15) is 12.7 Å². The van der Waals surface area contributed by atoms with Crippen molar-refractivity contribution in [3.8, 4) is 5.75 Å². The highest BCUT2D eigenvalue weighted by molar-refractivity contribution is 7.87. The molecule has 138 valence electrons. The van der Waals surface area contributed by atoms with Crippen LogP contribution in [-0.2, 0) is 14.9 Å². The molecule has 9 nitrogen and oxygen atoms in total. The molecule has 1 heterocycles. The number of carboxylic acid groups (broad SMARTS) is 1. The van der Waals surface area contributed by atoms with Gasteiger partial charge in [0.15, 0.2) is 0 Å². The molecule has 0 saturated carbocycles. The summed E-state index contributed by atoms with van der Waals surface area (Å²) in [6.45, 7) is 0.539. The Hall–Kier alpha value is -2.17. The zero-order valence-corrected chi connectivity index (χ0v) is 14.7. The van der Waals surface area contributed by atoms with Crippen LogP contribution < -0.4 is 9.46 Å². The summed E-state index contributed by atoms with van der Waals surface area (Å²) in [7, 11) is -1.30. The van der Waals surface area contributed by atoms with E-state index in [1.807, 2.05) is 4.72 Å². The molecule has 25 heavy (non-hydrogen) atoms. The van der Waals surface area contributed by atoms with Crippen molar-refractivity contribution in [2.24, 2.45) is 0 Å². The van der Waals surface area contributed by atoms with E-state index in [4.69, 9.17) is 14.6 Å². The molecule has 0 aliphatic carbocycles. The lowest BCUT2D eigenvalue weighted by molar-refractivity contribution is 0.0695. The summed E-state index contributed by atoms with van der Waals surface area (Å²) < 4.78 is 38.2. The van der Waals surface area contributed by atoms with Crippen molar-refractivity contribution < 1.29 is 32.6 Å². The van der Waals surface area contributed by atoms with Gasteiger partial charge < -0.3 is 14.6 Å². The minimum absolute atomic E-state index is 0.0255. The summed E-state index contributed by atoms with van der Waals surface area (Å²) in [6.07, 6.45) is 1.33. The third-order valence-electron chi connectivity index (χ3n) is 3.91. The highest BCUT2D eigenvalue weighted by Gasteiger charge is 2.35. The molecule has 1 saturated heterocycles. The van der Waals surface area contributed by atoms with E-state index in [9.17, 15) is 18.0 Å². The predicted octanol–water partition coefficient (Wildman–Crippen LogP) is 0.479. The van der Waals surface area contributed by atoms with Crippen LogP contribution in [0.3, 0.4) is 0 Å². The van der Waals surface area contributed by atoms with E-state index in [1.54, 1.807) is 0 Å². The second kappa shape index (κ2) is 7.81. The number of rotatable bonds is 7. The van der Waals surface area contributed by atoms with Crippen LogP contribution in [0.25, 0.3) is 0 Å². The number of benzene rings is 1. The van der Waals surface area contributed by atoms with Gasteiger partial charge in [0, 0.05) is 19.7 Å². The Morgan fingerprint density at radius 1 is 1.36 bits per heavy atom. The lowest BCUT2D eigenvalue weighted by Crippen LogP contribution is -2.47. The predicted molar refractivity (Wildman–Crippen MR) is 87.9 cm³/mol. The molecule has 10 heteroatoms. The van der Waals surface area contributed by atoms with E-state index in [2.05, 4.69) is 0 Å². The molecule has 1 fully saturated rings. The van der Waals surface area contributed by atoms with E-state index >= 15 is 0 Å². The Labute approximate surface area is 145 Å². The van der Waals surface area contributed by atoms with Crippen molar-refractivity contribution >= 4 is 22.1 Å². The minimum atomic E-state index is -4.05. The number of hydrogen-bond acceptors (Lipinski definition) is 6.